The van der Waals surface area contributed by atoms with Crippen molar-refractivity contribution in [3.63, 3.8) is 0 Å². The second-order valence-electron chi connectivity index (χ2n) is 4.86. The molecule has 6 heteroatoms. The number of ether oxygens (including phenoxy) is 3. The quantitative estimate of drug-likeness (QED) is 0.683. The highest BCUT2D eigenvalue weighted by atomic mass is 19.1. The fourth-order valence-corrected chi connectivity index (χ4v) is 1.77. The standard InChI is InChI=1S/C15H24FNO4/c1-11(8-19-3)20-9-13(18)10-21-15-5-4-12(7-17-2)6-14(15)16/h4-6,11,13,17-18H,7-10H2,1-3H3. The lowest BCUT2D eigenvalue weighted by atomic mass is 10.2. The van der Waals surface area contributed by atoms with E-state index in [9.17, 15) is 9.50 Å². The minimum atomic E-state index is -0.819. The van der Waals surface area contributed by atoms with Crippen molar-refractivity contribution in [1.82, 2.24) is 5.32 Å². The van der Waals surface area contributed by atoms with Gasteiger partial charge in [0.25, 0.3) is 0 Å². The van der Waals surface area contributed by atoms with Crippen molar-refractivity contribution in [2.45, 2.75) is 25.7 Å². The largest absolute Gasteiger partial charge is 0.488 e. The smallest absolute Gasteiger partial charge is 0.165 e. The molecule has 0 aliphatic heterocycles. The number of hydrogen-bond donors (Lipinski definition) is 2. The zero-order valence-corrected chi connectivity index (χ0v) is 12.8. The van der Waals surface area contributed by atoms with E-state index in [1.165, 1.54) is 6.07 Å². The maximum absolute atomic E-state index is 13.8. The van der Waals surface area contributed by atoms with Gasteiger partial charge in [0.1, 0.15) is 12.7 Å². The number of aliphatic hydroxyl groups is 1. The lowest BCUT2D eigenvalue weighted by Crippen LogP contribution is -2.27. The summed E-state index contributed by atoms with van der Waals surface area (Å²) in [5.41, 5.74) is 0.833. The van der Waals surface area contributed by atoms with Crippen molar-refractivity contribution >= 4 is 0 Å². The van der Waals surface area contributed by atoms with E-state index < -0.39 is 11.9 Å². The molecule has 21 heavy (non-hydrogen) atoms. The third kappa shape index (κ3) is 6.86. The summed E-state index contributed by atoms with van der Waals surface area (Å²) in [6, 6.07) is 4.75. The van der Waals surface area contributed by atoms with Gasteiger partial charge in [-0.2, -0.15) is 0 Å². The molecule has 0 heterocycles. The van der Waals surface area contributed by atoms with Gasteiger partial charge in [-0.25, -0.2) is 4.39 Å². The molecule has 2 N–H and O–H groups in total. The molecule has 0 aliphatic carbocycles. The Morgan fingerprint density at radius 1 is 1.29 bits per heavy atom. The Hall–Kier alpha value is -1.21. The lowest BCUT2D eigenvalue weighted by molar-refractivity contribution is -0.0425. The highest BCUT2D eigenvalue weighted by molar-refractivity contribution is 5.29. The molecule has 0 radical (unpaired) electrons. The number of methoxy groups -OCH3 is 1. The van der Waals surface area contributed by atoms with Crippen LogP contribution in [0.15, 0.2) is 18.2 Å². The van der Waals surface area contributed by atoms with Crippen LogP contribution in [-0.2, 0) is 16.0 Å². The van der Waals surface area contributed by atoms with Crippen LogP contribution in [0.1, 0.15) is 12.5 Å². The van der Waals surface area contributed by atoms with E-state index in [0.717, 1.165) is 5.56 Å². The fraction of sp³-hybridized carbons (Fsp3) is 0.600. The van der Waals surface area contributed by atoms with Gasteiger partial charge in [-0.1, -0.05) is 6.07 Å². The Morgan fingerprint density at radius 3 is 2.67 bits per heavy atom. The molecular formula is C15H24FNO4. The minimum absolute atomic E-state index is 0.0258. The molecule has 0 saturated heterocycles. The van der Waals surface area contributed by atoms with Gasteiger partial charge in [0.05, 0.1) is 19.3 Å². The second-order valence-corrected chi connectivity index (χ2v) is 4.86. The summed E-state index contributed by atoms with van der Waals surface area (Å²) in [5.74, 6) is -0.317. The lowest BCUT2D eigenvalue weighted by Gasteiger charge is -2.16. The summed E-state index contributed by atoms with van der Waals surface area (Å²) in [6.07, 6.45) is -0.928. The molecule has 0 bridgehead atoms. The van der Waals surface area contributed by atoms with Crippen LogP contribution in [0.2, 0.25) is 0 Å². The molecule has 5 nitrogen and oxygen atoms in total. The monoisotopic (exact) mass is 301 g/mol. The van der Waals surface area contributed by atoms with Gasteiger partial charge in [0.15, 0.2) is 11.6 Å². The zero-order chi connectivity index (χ0) is 15.7. The number of benzene rings is 1. The van der Waals surface area contributed by atoms with E-state index in [1.807, 2.05) is 6.92 Å². The highest BCUT2D eigenvalue weighted by Gasteiger charge is 2.11. The Balaban J connectivity index is 2.37. The average Bonchev–Trinajstić information content (AvgIpc) is 2.45. The molecule has 0 spiro atoms. The van der Waals surface area contributed by atoms with E-state index in [2.05, 4.69) is 5.32 Å². The molecule has 0 fully saturated rings. The van der Waals surface area contributed by atoms with Crippen molar-refractivity contribution in [3.8, 4) is 5.75 Å². The number of rotatable bonds is 10. The molecule has 1 rings (SSSR count). The molecule has 2 atom stereocenters. The van der Waals surface area contributed by atoms with E-state index in [4.69, 9.17) is 14.2 Å². The second kappa shape index (κ2) is 9.68. The van der Waals surface area contributed by atoms with Gasteiger partial charge in [-0.3, -0.25) is 0 Å². The first-order chi connectivity index (χ1) is 10.1. The third-order valence-corrected chi connectivity index (χ3v) is 2.78. The van der Waals surface area contributed by atoms with Crippen molar-refractivity contribution < 1.29 is 23.7 Å². The summed E-state index contributed by atoms with van der Waals surface area (Å²) in [4.78, 5) is 0. The number of nitrogens with one attached hydrogen (secondary N) is 1. The van der Waals surface area contributed by atoms with Crippen molar-refractivity contribution in [2.24, 2.45) is 0 Å². The summed E-state index contributed by atoms with van der Waals surface area (Å²) in [5, 5.41) is 12.7. The normalized spacial score (nSPS) is 14.0. The van der Waals surface area contributed by atoms with Crippen LogP contribution in [0.25, 0.3) is 0 Å². The van der Waals surface area contributed by atoms with Crippen LogP contribution >= 0.6 is 0 Å². The molecule has 2 unspecified atom stereocenters. The van der Waals surface area contributed by atoms with Crippen LogP contribution in [0.5, 0.6) is 5.75 Å². The summed E-state index contributed by atoms with van der Waals surface area (Å²) in [7, 11) is 3.38. The van der Waals surface area contributed by atoms with Gasteiger partial charge in [0.2, 0.25) is 0 Å². The van der Waals surface area contributed by atoms with Gasteiger partial charge in [0, 0.05) is 13.7 Å². The van der Waals surface area contributed by atoms with Crippen molar-refractivity contribution in [1.29, 1.82) is 0 Å². The summed E-state index contributed by atoms with van der Waals surface area (Å²) >= 11 is 0. The molecular weight excluding hydrogens is 277 g/mol. The van der Waals surface area contributed by atoms with Crippen molar-refractivity contribution in [3.05, 3.63) is 29.6 Å². The van der Waals surface area contributed by atoms with Gasteiger partial charge in [-0.05, 0) is 31.7 Å². The topological polar surface area (TPSA) is 60.0 Å². The van der Waals surface area contributed by atoms with E-state index in [0.29, 0.717) is 13.2 Å². The molecule has 0 amide bonds. The van der Waals surface area contributed by atoms with Gasteiger partial charge < -0.3 is 24.6 Å². The number of hydrogen-bond acceptors (Lipinski definition) is 5. The maximum atomic E-state index is 13.8. The first-order valence-electron chi connectivity index (χ1n) is 6.91. The Labute approximate surface area is 125 Å². The number of halogens is 1. The van der Waals surface area contributed by atoms with Crippen LogP contribution in [0, 0.1) is 5.82 Å². The van der Waals surface area contributed by atoms with Gasteiger partial charge >= 0.3 is 0 Å². The first-order valence-corrected chi connectivity index (χ1v) is 6.91. The maximum Gasteiger partial charge on any atom is 0.165 e. The predicted octanol–water partition coefficient (Wildman–Crippen LogP) is 1.34. The number of aliphatic hydroxyl groups excluding tert-OH is 1. The molecule has 0 saturated carbocycles. The molecule has 0 aliphatic rings. The predicted molar refractivity (Wildman–Crippen MR) is 78.0 cm³/mol. The van der Waals surface area contributed by atoms with E-state index >= 15 is 0 Å². The minimum Gasteiger partial charge on any atom is -0.488 e. The first kappa shape index (κ1) is 17.8. The van der Waals surface area contributed by atoms with Crippen LogP contribution in [-0.4, -0.2) is 51.3 Å². The SMILES string of the molecule is CNCc1ccc(OCC(O)COC(C)COC)c(F)c1. The molecule has 0 aromatic heterocycles. The summed E-state index contributed by atoms with van der Waals surface area (Å²) < 4.78 is 29.3. The molecule has 1 aromatic carbocycles. The van der Waals surface area contributed by atoms with Crippen LogP contribution in [0.3, 0.4) is 0 Å². The van der Waals surface area contributed by atoms with E-state index in [1.54, 1.807) is 26.3 Å². The van der Waals surface area contributed by atoms with Crippen LogP contribution < -0.4 is 10.1 Å². The molecule has 120 valence electrons. The Kier molecular flexibility index (Phi) is 8.22. The Bertz CT molecular complexity index is 417. The van der Waals surface area contributed by atoms with Crippen molar-refractivity contribution in [2.75, 3.05) is 34.0 Å². The molecule has 1 aromatic rings. The zero-order valence-electron chi connectivity index (χ0n) is 12.8. The van der Waals surface area contributed by atoms with Crippen LogP contribution in [0.4, 0.5) is 4.39 Å². The summed E-state index contributed by atoms with van der Waals surface area (Å²) in [6.45, 7) is 2.98. The Morgan fingerprint density at radius 2 is 2.05 bits per heavy atom. The third-order valence-electron chi connectivity index (χ3n) is 2.78. The fourth-order valence-electron chi connectivity index (χ4n) is 1.77. The van der Waals surface area contributed by atoms with E-state index in [-0.39, 0.29) is 25.1 Å². The van der Waals surface area contributed by atoms with Gasteiger partial charge in [-0.15, -0.1) is 0 Å². The highest BCUT2D eigenvalue weighted by Crippen LogP contribution is 2.18. The average molecular weight is 301 g/mol.